The van der Waals surface area contributed by atoms with Gasteiger partial charge < -0.3 is 9.88 Å². The number of aromatic nitrogens is 1. The number of nitrogens with zero attached hydrogens (tertiary/aromatic N) is 1. The molecule has 0 amide bonds. The summed E-state index contributed by atoms with van der Waals surface area (Å²) in [5, 5.41) is 1.32. The Labute approximate surface area is 120 Å². The minimum atomic E-state index is 0.383. The van der Waals surface area contributed by atoms with Crippen LogP contribution in [0.2, 0.25) is 0 Å². The lowest BCUT2D eigenvalue weighted by atomic mass is 9.97. The molecule has 1 atom stereocenters. The molecule has 20 heavy (non-hydrogen) atoms. The quantitative estimate of drug-likeness (QED) is 0.754. The number of H-pyrrole nitrogens is 1. The zero-order chi connectivity index (χ0) is 13.9. The largest absolute Gasteiger partial charge is 0.361 e. The number of aromatic amines is 1. The molecule has 2 heteroatoms. The number of fused-ring (bicyclic) bond motifs is 1. The highest BCUT2D eigenvalue weighted by atomic mass is 15.1. The van der Waals surface area contributed by atoms with Gasteiger partial charge in [-0.05, 0) is 37.7 Å². The van der Waals surface area contributed by atoms with E-state index in [0.717, 1.165) is 6.42 Å². The predicted molar refractivity (Wildman–Crippen MR) is 84.9 cm³/mol. The molecule has 1 aromatic heterocycles. The van der Waals surface area contributed by atoms with Gasteiger partial charge in [-0.15, -0.1) is 0 Å². The zero-order valence-electron chi connectivity index (χ0n) is 12.0. The predicted octanol–water partition coefficient (Wildman–Crippen LogP) is 4.01. The fourth-order valence-electron chi connectivity index (χ4n) is 2.78. The molecule has 102 valence electrons. The summed E-state index contributed by atoms with van der Waals surface area (Å²) in [4.78, 5) is 5.68. The van der Waals surface area contributed by atoms with Gasteiger partial charge in [-0.3, -0.25) is 0 Å². The van der Waals surface area contributed by atoms with Crippen molar-refractivity contribution in [1.29, 1.82) is 0 Å². The van der Waals surface area contributed by atoms with Gasteiger partial charge in [0.2, 0.25) is 0 Å². The molecular weight excluding hydrogens is 244 g/mol. The third kappa shape index (κ3) is 2.47. The van der Waals surface area contributed by atoms with Crippen molar-refractivity contribution in [3.63, 3.8) is 0 Å². The molecule has 0 spiro atoms. The number of nitrogens with one attached hydrogen (secondary N) is 1. The van der Waals surface area contributed by atoms with Gasteiger partial charge in [0.05, 0.1) is 0 Å². The fourth-order valence-corrected chi connectivity index (χ4v) is 2.78. The van der Waals surface area contributed by atoms with Crippen LogP contribution >= 0.6 is 0 Å². The van der Waals surface area contributed by atoms with E-state index in [1.807, 2.05) is 0 Å². The Bertz CT molecular complexity index is 683. The highest BCUT2D eigenvalue weighted by molar-refractivity contribution is 5.83. The molecule has 0 saturated carbocycles. The Balaban J connectivity index is 1.98. The summed E-state index contributed by atoms with van der Waals surface area (Å²) in [6, 6.07) is 19.6. The van der Waals surface area contributed by atoms with Gasteiger partial charge in [0.1, 0.15) is 0 Å². The molecule has 2 aromatic carbocycles. The Hall–Kier alpha value is -2.06. The highest BCUT2D eigenvalue weighted by Crippen LogP contribution is 2.29. The van der Waals surface area contributed by atoms with Crippen LogP contribution in [-0.4, -0.2) is 24.0 Å². The molecule has 0 aliphatic heterocycles. The topological polar surface area (TPSA) is 19.0 Å². The summed E-state index contributed by atoms with van der Waals surface area (Å²) < 4.78 is 0. The Kier molecular flexibility index (Phi) is 3.57. The van der Waals surface area contributed by atoms with Crippen LogP contribution in [0.3, 0.4) is 0 Å². The van der Waals surface area contributed by atoms with Crippen molar-refractivity contribution in [3.05, 3.63) is 71.9 Å². The molecule has 1 heterocycles. The smallest absolute Gasteiger partial charge is 0.0457 e. The standard InChI is InChI=1S/C18H20N2/c1-20(2)18(12-14-8-4-3-5-9-14)16-13-19-17-11-7-6-10-15(16)17/h3-11,13,18-19H,12H2,1-2H3. The maximum absolute atomic E-state index is 3.38. The molecule has 0 aliphatic rings. The summed E-state index contributed by atoms with van der Waals surface area (Å²) in [5.41, 5.74) is 3.95. The van der Waals surface area contributed by atoms with Crippen LogP contribution in [0.1, 0.15) is 17.2 Å². The van der Waals surface area contributed by atoms with Gasteiger partial charge in [0, 0.05) is 23.1 Å². The van der Waals surface area contributed by atoms with Crippen molar-refractivity contribution in [2.24, 2.45) is 0 Å². The number of hydrogen-bond donors (Lipinski definition) is 1. The molecule has 0 bridgehead atoms. The van der Waals surface area contributed by atoms with E-state index in [0.29, 0.717) is 6.04 Å². The van der Waals surface area contributed by atoms with E-state index < -0.39 is 0 Å². The van der Waals surface area contributed by atoms with E-state index in [1.54, 1.807) is 0 Å². The maximum atomic E-state index is 3.38. The van der Waals surface area contributed by atoms with Gasteiger partial charge in [0.25, 0.3) is 0 Å². The van der Waals surface area contributed by atoms with Crippen molar-refractivity contribution < 1.29 is 0 Å². The van der Waals surface area contributed by atoms with Gasteiger partial charge in [-0.1, -0.05) is 48.5 Å². The second kappa shape index (κ2) is 5.51. The number of benzene rings is 2. The van der Waals surface area contributed by atoms with Crippen LogP contribution in [0.4, 0.5) is 0 Å². The molecule has 0 fully saturated rings. The number of likely N-dealkylation sites (N-methyl/N-ethyl adjacent to an activating group) is 1. The van der Waals surface area contributed by atoms with Crippen LogP contribution in [0.25, 0.3) is 10.9 Å². The van der Waals surface area contributed by atoms with Gasteiger partial charge >= 0.3 is 0 Å². The van der Waals surface area contributed by atoms with Gasteiger partial charge in [-0.25, -0.2) is 0 Å². The second-order valence-electron chi connectivity index (χ2n) is 5.46. The van der Waals surface area contributed by atoms with Gasteiger partial charge in [0.15, 0.2) is 0 Å². The first-order valence-corrected chi connectivity index (χ1v) is 7.02. The summed E-state index contributed by atoms with van der Waals surface area (Å²) in [5.74, 6) is 0. The zero-order valence-corrected chi connectivity index (χ0v) is 12.0. The first-order valence-electron chi connectivity index (χ1n) is 7.02. The second-order valence-corrected chi connectivity index (χ2v) is 5.46. The molecular formula is C18H20N2. The first kappa shape index (κ1) is 12.9. The fraction of sp³-hybridized carbons (Fsp3) is 0.222. The summed E-state index contributed by atoms with van der Waals surface area (Å²) in [6.07, 6.45) is 3.17. The number of rotatable bonds is 4. The Morgan fingerprint density at radius 2 is 1.65 bits per heavy atom. The van der Waals surface area contributed by atoms with Crippen LogP contribution in [0.5, 0.6) is 0 Å². The summed E-state index contributed by atoms with van der Waals surface area (Å²) in [6.45, 7) is 0. The Morgan fingerprint density at radius 3 is 2.40 bits per heavy atom. The molecule has 0 aliphatic carbocycles. The molecule has 1 unspecified atom stereocenters. The average Bonchev–Trinajstić information content (AvgIpc) is 2.89. The average molecular weight is 264 g/mol. The van der Waals surface area contributed by atoms with Crippen LogP contribution < -0.4 is 0 Å². The SMILES string of the molecule is CN(C)C(Cc1ccccc1)c1c[nH]c2ccccc12. The lowest BCUT2D eigenvalue weighted by Crippen LogP contribution is -2.21. The lowest BCUT2D eigenvalue weighted by Gasteiger charge is -2.24. The molecule has 3 rings (SSSR count). The highest BCUT2D eigenvalue weighted by Gasteiger charge is 2.18. The Morgan fingerprint density at radius 1 is 0.950 bits per heavy atom. The van der Waals surface area contributed by atoms with E-state index in [9.17, 15) is 0 Å². The van der Waals surface area contributed by atoms with Crippen molar-refractivity contribution in [2.75, 3.05) is 14.1 Å². The number of para-hydroxylation sites is 1. The van der Waals surface area contributed by atoms with Gasteiger partial charge in [-0.2, -0.15) is 0 Å². The van der Waals surface area contributed by atoms with E-state index >= 15 is 0 Å². The van der Waals surface area contributed by atoms with Crippen molar-refractivity contribution in [2.45, 2.75) is 12.5 Å². The first-order chi connectivity index (χ1) is 9.75. The molecule has 0 saturated heterocycles. The van der Waals surface area contributed by atoms with Crippen LogP contribution in [0, 0.1) is 0 Å². The molecule has 3 aromatic rings. The van der Waals surface area contributed by atoms with E-state index in [2.05, 4.69) is 84.8 Å². The van der Waals surface area contributed by atoms with Crippen LogP contribution in [-0.2, 0) is 6.42 Å². The summed E-state index contributed by atoms with van der Waals surface area (Å²) in [7, 11) is 4.30. The summed E-state index contributed by atoms with van der Waals surface area (Å²) >= 11 is 0. The minimum absolute atomic E-state index is 0.383. The van der Waals surface area contributed by atoms with Crippen molar-refractivity contribution in [1.82, 2.24) is 9.88 Å². The normalized spacial score (nSPS) is 12.9. The monoisotopic (exact) mass is 264 g/mol. The number of hydrogen-bond acceptors (Lipinski definition) is 1. The van der Waals surface area contributed by atoms with Crippen LogP contribution in [0.15, 0.2) is 60.8 Å². The molecule has 1 N–H and O–H groups in total. The van der Waals surface area contributed by atoms with E-state index in [-0.39, 0.29) is 0 Å². The van der Waals surface area contributed by atoms with Crippen molar-refractivity contribution >= 4 is 10.9 Å². The van der Waals surface area contributed by atoms with E-state index in [4.69, 9.17) is 0 Å². The lowest BCUT2D eigenvalue weighted by molar-refractivity contribution is 0.299. The van der Waals surface area contributed by atoms with Crippen molar-refractivity contribution in [3.8, 4) is 0 Å². The van der Waals surface area contributed by atoms with E-state index in [1.165, 1.54) is 22.0 Å². The molecule has 2 nitrogen and oxygen atoms in total. The maximum Gasteiger partial charge on any atom is 0.0457 e. The third-order valence-corrected chi connectivity index (χ3v) is 3.88. The third-order valence-electron chi connectivity index (χ3n) is 3.88. The molecule has 0 radical (unpaired) electrons. The minimum Gasteiger partial charge on any atom is -0.361 e.